The molecule has 1 aliphatic carbocycles. The summed E-state index contributed by atoms with van der Waals surface area (Å²) in [6.45, 7) is 21.3. The maximum absolute atomic E-state index is 3.76. The van der Waals surface area contributed by atoms with Crippen molar-refractivity contribution in [2.75, 3.05) is 26.2 Å². The first kappa shape index (κ1) is 19.0. The Morgan fingerprint density at radius 3 is 2.29 bits per heavy atom. The first-order valence-electron chi connectivity index (χ1n) is 9.23. The number of hydrogen-bond donors (Lipinski definition) is 1. The fourth-order valence-electron chi connectivity index (χ4n) is 3.96. The van der Waals surface area contributed by atoms with Crippen molar-refractivity contribution in [2.45, 2.75) is 73.8 Å². The molecule has 0 aliphatic heterocycles. The lowest BCUT2D eigenvalue weighted by atomic mass is 9.67. The van der Waals surface area contributed by atoms with Crippen LogP contribution in [0.2, 0.25) is 0 Å². The van der Waals surface area contributed by atoms with Gasteiger partial charge in [-0.2, -0.15) is 0 Å². The van der Waals surface area contributed by atoms with Gasteiger partial charge in [-0.25, -0.2) is 0 Å². The van der Waals surface area contributed by atoms with Gasteiger partial charge in [0.25, 0.3) is 0 Å². The summed E-state index contributed by atoms with van der Waals surface area (Å²) < 4.78 is 0. The first-order valence-corrected chi connectivity index (χ1v) is 9.23. The number of nitrogens with zero attached hydrogens (tertiary/aromatic N) is 1. The Bertz CT molecular complexity index is 280. The Kier molecular flexibility index (Phi) is 7.70. The van der Waals surface area contributed by atoms with Crippen LogP contribution in [0.4, 0.5) is 0 Å². The zero-order valence-corrected chi connectivity index (χ0v) is 15.7. The van der Waals surface area contributed by atoms with Gasteiger partial charge in [-0.1, -0.05) is 48.5 Å². The molecule has 1 aliphatic rings. The fourth-order valence-corrected chi connectivity index (χ4v) is 3.96. The maximum Gasteiger partial charge on any atom is 0.0108 e. The van der Waals surface area contributed by atoms with E-state index in [1.807, 2.05) is 0 Å². The van der Waals surface area contributed by atoms with Crippen LogP contribution in [0.1, 0.15) is 67.7 Å². The van der Waals surface area contributed by atoms with Crippen LogP contribution in [0.3, 0.4) is 0 Å². The zero-order valence-electron chi connectivity index (χ0n) is 15.7. The smallest absolute Gasteiger partial charge is 0.0108 e. The summed E-state index contributed by atoms with van der Waals surface area (Å²) in [6.07, 6.45) is 4.16. The van der Waals surface area contributed by atoms with Crippen LogP contribution in [-0.2, 0) is 0 Å². The van der Waals surface area contributed by atoms with Gasteiger partial charge >= 0.3 is 0 Å². The average Bonchev–Trinajstić information content (AvgIpc) is 2.38. The predicted octanol–water partition coefficient (Wildman–Crippen LogP) is 4.40. The summed E-state index contributed by atoms with van der Waals surface area (Å²) in [6, 6.07) is 0.731. The highest BCUT2D eigenvalue weighted by Gasteiger charge is 2.36. The minimum Gasteiger partial charge on any atom is -0.314 e. The highest BCUT2D eigenvalue weighted by molar-refractivity contribution is 4.90. The van der Waals surface area contributed by atoms with Crippen molar-refractivity contribution < 1.29 is 0 Å². The largest absolute Gasteiger partial charge is 0.314 e. The third-order valence-corrected chi connectivity index (χ3v) is 5.24. The molecular weight excluding hydrogens is 256 g/mol. The van der Waals surface area contributed by atoms with Crippen molar-refractivity contribution in [1.82, 2.24) is 10.2 Å². The first-order chi connectivity index (χ1) is 9.77. The van der Waals surface area contributed by atoms with Gasteiger partial charge in [-0.3, -0.25) is 0 Å². The van der Waals surface area contributed by atoms with E-state index < -0.39 is 0 Å². The van der Waals surface area contributed by atoms with Crippen molar-refractivity contribution in [3.05, 3.63) is 0 Å². The molecule has 3 atom stereocenters. The van der Waals surface area contributed by atoms with E-state index in [4.69, 9.17) is 0 Å². The van der Waals surface area contributed by atoms with Crippen LogP contribution in [-0.4, -0.2) is 37.1 Å². The van der Waals surface area contributed by atoms with E-state index in [1.165, 1.54) is 38.9 Å². The van der Waals surface area contributed by atoms with Crippen LogP contribution in [0.15, 0.2) is 0 Å². The molecular formula is C19H40N2. The Labute approximate surface area is 134 Å². The molecule has 21 heavy (non-hydrogen) atoms. The summed E-state index contributed by atoms with van der Waals surface area (Å²) in [7, 11) is 0. The van der Waals surface area contributed by atoms with Crippen molar-refractivity contribution in [3.8, 4) is 0 Å². The summed E-state index contributed by atoms with van der Waals surface area (Å²) >= 11 is 0. The molecule has 1 saturated carbocycles. The normalized spacial score (nSPS) is 27.6. The van der Waals surface area contributed by atoms with E-state index in [2.05, 4.69) is 58.7 Å². The van der Waals surface area contributed by atoms with Gasteiger partial charge in [0, 0.05) is 19.1 Å². The standard InChI is InChI=1S/C19H40N2/c1-8-20-18-11-10-17(19(5,6)7)12-16(18)14-21(9-2)13-15(3)4/h15-18,20H,8-14H2,1-7H3. The maximum atomic E-state index is 3.76. The van der Waals surface area contributed by atoms with Gasteiger partial charge < -0.3 is 10.2 Å². The number of nitrogens with one attached hydrogen (secondary N) is 1. The lowest BCUT2D eigenvalue weighted by molar-refractivity contribution is 0.0858. The summed E-state index contributed by atoms with van der Waals surface area (Å²) in [5, 5.41) is 3.76. The van der Waals surface area contributed by atoms with E-state index >= 15 is 0 Å². The van der Waals surface area contributed by atoms with Gasteiger partial charge in [0.05, 0.1) is 0 Å². The van der Waals surface area contributed by atoms with E-state index in [9.17, 15) is 0 Å². The van der Waals surface area contributed by atoms with E-state index in [1.54, 1.807) is 0 Å². The fraction of sp³-hybridized carbons (Fsp3) is 1.00. The molecule has 2 nitrogen and oxygen atoms in total. The molecule has 0 heterocycles. The third-order valence-electron chi connectivity index (χ3n) is 5.24. The second kappa shape index (κ2) is 8.53. The Balaban J connectivity index is 2.70. The van der Waals surface area contributed by atoms with Crippen LogP contribution >= 0.6 is 0 Å². The molecule has 0 aromatic heterocycles. The highest BCUT2D eigenvalue weighted by atomic mass is 15.1. The Morgan fingerprint density at radius 2 is 1.81 bits per heavy atom. The zero-order chi connectivity index (χ0) is 16.0. The van der Waals surface area contributed by atoms with Crippen molar-refractivity contribution >= 4 is 0 Å². The topological polar surface area (TPSA) is 15.3 Å². The average molecular weight is 297 g/mol. The van der Waals surface area contributed by atoms with E-state index in [0.29, 0.717) is 5.41 Å². The molecule has 0 spiro atoms. The molecule has 0 aromatic carbocycles. The van der Waals surface area contributed by atoms with Gasteiger partial charge in [-0.15, -0.1) is 0 Å². The van der Waals surface area contributed by atoms with Gasteiger partial charge in [0.15, 0.2) is 0 Å². The van der Waals surface area contributed by atoms with E-state index in [-0.39, 0.29) is 0 Å². The quantitative estimate of drug-likeness (QED) is 0.749. The highest BCUT2D eigenvalue weighted by Crippen LogP contribution is 2.40. The molecule has 1 rings (SSSR count). The van der Waals surface area contributed by atoms with E-state index in [0.717, 1.165) is 30.3 Å². The lowest BCUT2D eigenvalue weighted by Crippen LogP contribution is -2.48. The molecule has 0 saturated heterocycles. The van der Waals surface area contributed by atoms with Crippen molar-refractivity contribution in [2.24, 2.45) is 23.2 Å². The Morgan fingerprint density at radius 1 is 1.14 bits per heavy atom. The van der Waals surface area contributed by atoms with Crippen LogP contribution in [0.25, 0.3) is 0 Å². The summed E-state index contributed by atoms with van der Waals surface area (Å²) in [5.74, 6) is 2.47. The molecule has 1 fully saturated rings. The lowest BCUT2D eigenvalue weighted by Gasteiger charge is -2.44. The van der Waals surface area contributed by atoms with Gasteiger partial charge in [0.1, 0.15) is 0 Å². The van der Waals surface area contributed by atoms with Crippen LogP contribution < -0.4 is 5.32 Å². The van der Waals surface area contributed by atoms with Gasteiger partial charge in [0.2, 0.25) is 0 Å². The van der Waals surface area contributed by atoms with Crippen LogP contribution in [0, 0.1) is 23.2 Å². The predicted molar refractivity (Wildman–Crippen MR) is 94.7 cm³/mol. The Hall–Kier alpha value is -0.0800. The second-order valence-electron chi connectivity index (χ2n) is 8.55. The van der Waals surface area contributed by atoms with Gasteiger partial charge in [-0.05, 0) is 55.5 Å². The van der Waals surface area contributed by atoms with Crippen molar-refractivity contribution in [3.63, 3.8) is 0 Å². The number of rotatable bonds is 7. The molecule has 0 radical (unpaired) electrons. The molecule has 3 unspecified atom stereocenters. The molecule has 0 bridgehead atoms. The van der Waals surface area contributed by atoms with Crippen molar-refractivity contribution in [1.29, 1.82) is 0 Å². The SMILES string of the molecule is CCNC1CCC(C(C)(C)C)CC1CN(CC)CC(C)C. The monoisotopic (exact) mass is 296 g/mol. The second-order valence-corrected chi connectivity index (χ2v) is 8.55. The molecule has 1 N–H and O–H groups in total. The minimum absolute atomic E-state index is 0.463. The molecule has 126 valence electrons. The van der Waals surface area contributed by atoms with Crippen LogP contribution in [0.5, 0.6) is 0 Å². The summed E-state index contributed by atoms with van der Waals surface area (Å²) in [4.78, 5) is 2.67. The minimum atomic E-state index is 0.463. The molecule has 2 heteroatoms. The third kappa shape index (κ3) is 6.28. The molecule has 0 aromatic rings. The molecule has 0 amide bonds. The number of hydrogen-bond acceptors (Lipinski definition) is 2. The summed E-state index contributed by atoms with van der Waals surface area (Å²) in [5.41, 5.74) is 0.463.